The van der Waals surface area contributed by atoms with Crippen molar-refractivity contribution in [3.63, 3.8) is 0 Å². The zero-order valence-electron chi connectivity index (χ0n) is 13.8. The lowest BCUT2D eigenvalue weighted by molar-refractivity contribution is -0.159. The molecule has 0 radical (unpaired) electrons. The van der Waals surface area contributed by atoms with E-state index in [-0.39, 0.29) is 24.8 Å². The Kier molecular flexibility index (Phi) is 9.14. The maximum absolute atomic E-state index is 11.7. The molecule has 0 aliphatic carbocycles. The highest BCUT2D eigenvalue weighted by Gasteiger charge is 2.34. The maximum atomic E-state index is 11.7. The van der Waals surface area contributed by atoms with E-state index in [9.17, 15) is 19.2 Å². The molecule has 0 saturated heterocycles. The van der Waals surface area contributed by atoms with Crippen molar-refractivity contribution in [1.29, 1.82) is 0 Å². The van der Waals surface area contributed by atoms with Crippen LogP contribution in [0.4, 0.5) is 4.79 Å². The first-order valence-corrected chi connectivity index (χ1v) is 7.59. The number of carbonyl (C=O) groups excluding carboxylic acids is 3. The summed E-state index contributed by atoms with van der Waals surface area (Å²) in [5.41, 5.74) is 1.96. The molecule has 0 unspecified atom stereocenters. The first-order valence-electron chi connectivity index (χ1n) is 7.59. The summed E-state index contributed by atoms with van der Waals surface area (Å²) >= 11 is 0. The fraction of sp³-hybridized carbons (Fsp3) is 0.571. The van der Waals surface area contributed by atoms with Crippen LogP contribution < -0.4 is 5.43 Å². The van der Waals surface area contributed by atoms with Gasteiger partial charge in [0.05, 0.1) is 39.5 Å². The average Bonchev–Trinajstić information content (AvgIpc) is 2.89. The summed E-state index contributed by atoms with van der Waals surface area (Å²) in [5, 5.41) is 9.47. The molecule has 140 valence electrons. The number of imide groups is 1. The molecular formula is C14H21N3O8. The van der Waals surface area contributed by atoms with Gasteiger partial charge in [0.2, 0.25) is 5.91 Å². The maximum Gasteiger partial charge on any atom is 0.446 e. The summed E-state index contributed by atoms with van der Waals surface area (Å²) < 4.78 is 15.5. The minimum atomic E-state index is -1.68. The van der Waals surface area contributed by atoms with Crippen LogP contribution in [0.15, 0.2) is 12.2 Å². The van der Waals surface area contributed by atoms with E-state index in [1.807, 2.05) is 12.3 Å². The number of carbonyl (C=O) groups is 4. The van der Waals surface area contributed by atoms with Crippen LogP contribution in [0.25, 0.3) is 0 Å². The van der Waals surface area contributed by atoms with Crippen LogP contribution in [0.1, 0.15) is 13.3 Å². The van der Waals surface area contributed by atoms with Crippen molar-refractivity contribution in [2.24, 2.45) is 0 Å². The van der Waals surface area contributed by atoms with E-state index in [0.717, 1.165) is 12.2 Å². The molecular weight excluding hydrogens is 338 g/mol. The number of nitrogens with one attached hydrogen (secondary N) is 1. The molecule has 0 atom stereocenters. The van der Waals surface area contributed by atoms with Crippen LogP contribution in [0.2, 0.25) is 0 Å². The van der Waals surface area contributed by atoms with E-state index in [0.29, 0.717) is 31.4 Å². The summed E-state index contributed by atoms with van der Waals surface area (Å²) in [5.74, 6) is -2.46. The molecule has 0 bridgehead atoms. The SMILES string of the molecule is CCOCCOCCOCCC(=O)NN(C(=O)O)N1C(=O)C=CC1=O. The van der Waals surface area contributed by atoms with E-state index in [4.69, 9.17) is 19.3 Å². The molecule has 11 nitrogen and oxygen atoms in total. The molecule has 1 aliphatic rings. The van der Waals surface area contributed by atoms with E-state index in [1.165, 1.54) is 0 Å². The van der Waals surface area contributed by atoms with Gasteiger partial charge in [0.15, 0.2) is 0 Å². The fourth-order valence-electron chi connectivity index (χ4n) is 1.70. The van der Waals surface area contributed by atoms with Crippen molar-refractivity contribution in [2.45, 2.75) is 13.3 Å². The summed E-state index contributed by atoms with van der Waals surface area (Å²) in [4.78, 5) is 45.7. The minimum Gasteiger partial charge on any atom is -0.462 e. The molecule has 0 spiro atoms. The zero-order valence-corrected chi connectivity index (χ0v) is 13.8. The van der Waals surface area contributed by atoms with Gasteiger partial charge in [-0.25, -0.2) is 10.2 Å². The van der Waals surface area contributed by atoms with Crippen LogP contribution in [-0.4, -0.2) is 78.7 Å². The molecule has 0 aromatic carbocycles. The predicted molar refractivity (Wildman–Crippen MR) is 81.7 cm³/mol. The zero-order chi connectivity index (χ0) is 18.7. The first-order chi connectivity index (χ1) is 12.0. The normalized spacial score (nSPS) is 13.4. The lowest BCUT2D eigenvalue weighted by Crippen LogP contribution is -2.58. The highest BCUT2D eigenvalue weighted by atomic mass is 16.5. The predicted octanol–water partition coefficient (Wildman–Crippen LogP) is -0.703. The van der Waals surface area contributed by atoms with Crippen molar-refractivity contribution >= 4 is 23.8 Å². The summed E-state index contributed by atoms with van der Waals surface area (Å²) in [7, 11) is 0. The third-order valence-corrected chi connectivity index (χ3v) is 2.82. The van der Waals surface area contributed by atoms with E-state index in [2.05, 4.69) is 0 Å². The van der Waals surface area contributed by atoms with Gasteiger partial charge in [-0.05, 0) is 6.92 Å². The second-order valence-corrected chi connectivity index (χ2v) is 4.62. The van der Waals surface area contributed by atoms with Gasteiger partial charge in [-0.1, -0.05) is 0 Å². The quantitative estimate of drug-likeness (QED) is 0.281. The van der Waals surface area contributed by atoms with Gasteiger partial charge in [-0.3, -0.25) is 14.4 Å². The second kappa shape index (κ2) is 11.1. The van der Waals surface area contributed by atoms with Gasteiger partial charge in [0.25, 0.3) is 11.8 Å². The second-order valence-electron chi connectivity index (χ2n) is 4.62. The molecule has 4 amide bonds. The number of ether oxygens (including phenoxy) is 3. The lowest BCUT2D eigenvalue weighted by atomic mass is 10.4. The Morgan fingerprint density at radius 2 is 1.56 bits per heavy atom. The Labute approximate surface area is 144 Å². The smallest absolute Gasteiger partial charge is 0.446 e. The summed E-state index contributed by atoms with van der Waals surface area (Å²) in [6.07, 6.45) is -0.0350. The van der Waals surface area contributed by atoms with Gasteiger partial charge in [-0.2, -0.15) is 5.01 Å². The fourth-order valence-corrected chi connectivity index (χ4v) is 1.70. The number of hydrogen-bond acceptors (Lipinski definition) is 7. The van der Waals surface area contributed by atoms with Crippen LogP contribution >= 0.6 is 0 Å². The largest absolute Gasteiger partial charge is 0.462 e. The number of amides is 4. The van der Waals surface area contributed by atoms with Crippen LogP contribution in [0.3, 0.4) is 0 Å². The number of nitrogens with zero attached hydrogens (tertiary/aromatic N) is 2. The van der Waals surface area contributed by atoms with Crippen molar-refractivity contribution in [2.75, 3.05) is 39.6 Å². The number of hydrazine groups is 2. The topological polar surface area (TPSA) is 135 Å². The van der Waals surface area contributed by atoms with Crippen molar-refractivity contribution in [3.8, 4) is 0 Å². The van der Waals surface area contributed by atoms with Gasteiger partial charge in [0.1, 0.15) is 0 Å². The molecule has 11 heteroatoms. The van der Waals surface area contributed by atoms with Crippen molar-refractivity contribution < 1.29 is 38.5 Å². The third kappa shape index (κ3) is 7.28. The molecule has 1 rings (SSSR count). The number of rotatable bonds is 11. The monoisotopic (exact) mass is 359 g/mol. The Morgan fingerprint density at radius 3 is 2.08 bits per heavy atom. The average molecular weight is 359 g/mol. The van der Waals surface area contributed by atoms with Crippen LogP contribution in [-0.2, 0) is 28.6 Å². The number of hydrogen-bond donors (Lipinski definition) is 2. The van der Waals surface area contributed by atoms with Crippen LogP contribution in [0, 0.1) is 0 Å². The molecule has 0 fully saturated rings. The van der Waals surface area contributed by atoms with Crippen molar-refractivity contribution in [3.05, 3.63) is 12.2 Å². The lowest BCUT2D eigenvalue weighted by Gasteiger charge is -2.26. The highest BCUT2D eigenvalue weighted by molar-refractivity contribution is 6.13. The molecule has 25 heavy (non-hydrogen) atoms. The third-order valence-electron chi connectivity index (χ3n) is 2.82. The Hall–Kier alpha value is -2.50. The van der Waals surface area contributed by atoms with Crippen LogP contribution in [0.5, 0.6) is 0 Å². The first kappa shape index (κ1) is 20.5. The number of carboxylic acid groups (broad SMARTS) is 1. The highest BCUT2D eigenvalue weighted by Crippen LogP contribution is 2.07. The van der Waals surface area contributed by atoms with Gasteiger partial charge in [-0.15, -0.1) is 5.12 Å². The van der Waals surface area contributed by atoms with Gasteiger partial charge < -0.3 is 19.3 Å². The van der Waals surface area contributed by atoms with Gasteiger partial charge >= 0.3 is 6.09 Å². The molecule has 2 N–H and O–H groups in total. The Bertz CT molecular complexity index is 504. The van der Waals surface area contributed by atoms with E-state index >= 15 is 0 Å². The summed E-state index contributed by atoms with van der Waals surface area (Å²) in [6.45, 7) is 4.05. The minimum absolute atomic E-state index is 0.0221. The Morgan fingerprint density at radius 1 is 1.04 bits per heavy atom. The molecule has 0 aromatic rings. The standard InChI is InChI=1S/C14H21N3O8/c1-2-23-7-8-25-10-9-24-6-5-11(18)15-17(14(21)22)16-12(19)3-4-13(16)20/h3-4H,2,5-10H2,1H3,(H,15,18)(H,21,22). The molecule has 0 aromatic heterocycles. The van der Waals surface area contributed by atoms with Crippen molar-refractivity contribution in [1.82, 2.24) is 15.6 Å². The summed E-state index contributed by atoms with van der Waals surface area (Å²) in [6, 6.07) is 0. The van der Waals surface area contributed by atoms with Gasteiger partial charge in [0, 0.05) is 18.8 Å². The Balaban J connectivity index is 2.22. The van der Waals surface area contributed by atoms with E-state index < -0.39 is 23.8 Å². The van der Waals surface area contributed by atoms with E-state index in [1.54, 1.807) is 0 Å². The molecule has 0 saturated carbocycles. The molecule has 1 aliphatic heterocycles. The molecule has 1 heterocycles.